The van der Waals surface area contributed by atoms with Crippen LogP contribution in [0.2, 0.25) is 0 Å². The van der Waals surface area contributed by atoms with Crippen molar-refractivity contribution in [2.45, 2.75) is 66.0 Å². The molecule has 0 radical (unpaired) electrons. The number of benzene rings is 2. The summed E-state index contributed by atoms with van der Waals surface area (Å²) in [7, 11) is -3.51. The lowest BCUT2D eigenvalue weighted by atomic mass is 10.1. The fourth-order valence-electron chi connectivity index (χ4n) is 4.02. The van der Waals surface area contributed by atoms with Crippen LogP contribution in [0.25, 0.3) is 0 Å². The van der Waals surface area contributed by atoms with E-state index in [-0.39, 0.29) is 24.8 Å². The molecule has 0 aliphatic heterocycles. The van der Waals surface area contributed by atoms with E-state index in [1.165, 1.54) is 10.6 Å². The Morgan fingerprint density at radius 2 is 1.58 bits per heavy atom. The number of hydrogen-bond donors (Lipinski definition) is 1. The summed E-state index contributed by atoms with van der Waals surface area (Å²) in [5, 5.41) is 2.96. The van der Waals surface area contributed by atoms with E-state index in [1.54, 1.807) is 17.0 Å². The summed E-state index contributed by atoms with van der Waals surface area (Å²) in [6.45, 7) is 9.05. The summed E-state index contributed by atoms with van der Waals surface area (Å²) in [5.74, 6) is -0.0254. The molecular formula is C28H41N3O4S. The van der Waals surface area contributed by atoms with Crippen molar-refractivity contribution in [3.05, 3.63) is 65.7 Å². The van der Waals surface area contributed by atoms with Gasteiger partial charge in [0.15, 0.2) is 0 Å². The molecular weight excluding hydrogens is 474 g/mol. The molecule has 2 aromatic rings. The van der Waals surface area contributed by atoms with E-state index in [1.807, 2.05) is 70.2 Å². The number of hydrogen-bond acceptors (Lipinski definition) is 4. The van der Waals surface area contributed by atoms with Crippen LogP contribution in [0.4, 0.5) is 5.69 Å². The fraction of sp³-hybridized carbons (Fsp3) is 0.500. The number of rotatable bonds is 14. The van der Waals surface area contributed by atoms with Crippen LogP contribution in [-0.2, 0) is 32.6 Å². The van der Waals surface area contributed by atoms with E-state index in [2.05, 4.69) is 5.32 Å². The van der Waals surface area contributed by atoms with E-state index in [9.17, 15) is 18.0 Å². The second kappa shape index (κ2) is 14.0. The molecule has 0 aromatic heterocycles. The summed E-state index contributed by atoms with van der Waals surface area (Å²) in [4.78, 5) is 28.0. The molecule has 36 heavy (non-hydrogen) atoms. The Morgan fingerprint density at radius 1 is 0.944 bits per heavy atom. The van der Waals surface area contributed by atoms with Gasteiger partial charge in [-0.3, -0.25) is 13.9 Å². The highest BCUT2D eigenvalue weighted by Gasteiger charge is 2.28. The van der Waals surface area contributed by atoms with Crippen molar-refractivity contribution in [3.63, 3.8) is 0 Å². The number of aryl methyl sites for hydroxylation is 1. The van der Waals surface area contributed by atoms with Crippen molar-refractivity contribution in [1.82, 2.24) is 10.2 Å². The molecule has 0 fully saturated rings. The van der Waals surface area contributed by atoms with Gasteiger partial charge in [0, 0.05) is 26.1 Å². The number of nitrogens with one attached hydrogen (secondary N) is 1. The van der Waals surface area contributed by atoms with Gasteiger partial charge in [-0.15, -0.1) is 0 Å². The smallest absolute Gasteiger partial charge is 0.242 e. The van der Waals surface area contributed by atoms with Gasteiger partial charge >= 0.3 is 0 Å². The second-order valence-electron chi connectivity index (χ2n) is 9.53. The molecule has 0 saturated heterocycles. The van der Waals surface area contributed by atoms with E-state index < -0.39 is 16.1 Å². The second-order valence-corrected chi connectivity index (χ2v) is 11.4. The summed E-state index contributed by atoms with van der Waals surface area (Å²) >= 11 is 0. The number of anilines is 1. The minimum absolute atomic E-state index is 0.139. The SMILES string of the molecule is CCc1ccc(N(CCCC(=O)N(Cc2ccccc2)[C@@H](CC)C(=O)NCC(C)C)S(C)(=O)=O)cc1. The molecule has 1 atom stereocenters. The summed E-state index contributed by atoms with van der Waals surface area (Å²) in [5.41, 5.74) is 2.65. The molecule has 2 aromatic carbocycles. The van der Waals surface area contributed by atoms with Crippen LogP contribution in [0.3, 0.4) is 0 Å². The number of amides is 2. The van der Waals surface area contributed by atoms with Crippen molar-refractivity contribution < 1.29 is 18.0 Å². The third kappa shape index (κ3) is 8.97. The summed E-state index contributed by atoms with van der Waals surface area (Å²) in [6, 6.07) is 16.4. The van der Waals surface area contributed by atoms with Gasteiger partial charge in [0.25, 0.3) is 0 Å². The maximum atomic E-state index is 13.4. The molecule has 8 heteroatoms. The lowest BCUT2D eigenvalue weighted by Gasteiger charge is -2.31. The topological polar surface area (TPSA) is 86.8 Å². The van der Waals surface area contributed by atoms with E-state index in [0.29, 0.717) is 37.5 Å². The highest BCUT2D eigenvalue weighted by Crippen LogP contribution is 2.20. The van der Waals surface area contributed by atoms with E-state index in [0.717, 1.165) is 17.5 Å². The number of nitrogens with zero attached hydrogens (tertiary/aromatic N) is 2. The molecule has 1 N–H and O–H groups in total. The maximum absolute atomic E-state index is 13.4. The average molecular weight is 516 g/mol. The predicted octanol–water partition coefficient (Wildman–Crippen LogP) is 4.37. The maximum Gasteiger partial charge on any atom is 0.242 e. The zero-order valence-electron chi connectivity index (χ0n) is 22.2. The van der Waals surface area contributed by atoms with Gasteiger partial charge < -0.3 is 10.2 Å². The fourth-order valence-corrected chi connectivity index (χ4v) is 4.99. The first-order valence-electron chi connectivity index (χ1n) is 12.7. The Hall–Kier alpha value is -2.87. The Morgan fingerprint density at radius 3 is 2.11 bits per heavy atom. The van der Waals surface area contributed by atoms with Crippen molar-refractivity contribution in [1.29, 1.82) is 0 Å². The number of carbonyl (C=O) groups is 2. The Balaban J connectivity index is 2.17. The third-order valence-electron chi connectivity index (χ3n) is 6.05. The lowest BCUT2D eigenvalue weighted by Crippen LogP contribution is -2.49. The van der Waals surface area contributed by atoms with Crippen LogP contribution in [0.5, 0.6) is 0 Å². The molecule has 0 spiro atoms. The van der Waals surface area contributed by atoms with Gasteiger partial charge in [-0.2, -0.15) is 0 Å². The van der Waals surface area contributed by atoms with Crippen molar-refractivity contribution in [2.75, 3.05) is 23.7 Å². The van der Waals surface area contributed by atoms with Crippen molar-refractivity contribution in [2.24, 2.45) is 5.92 Å². The Labute approximate surface area is 216 Å². The van der Waals surface area contributed by atoms with Crippen LogP contribution in [-0.4, -0.2) is 50.5 Å². The largest absolute Gasteiger partial charge is 0.354 e. The van der Waals surface area contributed by atoms with Gasteiger partial charge in [0.05, 0.1) is 11.9 Å². The summed E-state index contributed by atoms with van der Waals surface area (Å²) in [6.07, 6.45) is 3.02. The van der Waals surface area contributed by atoms with Crippen LogP contribution in [0.15, 0.2) is 54.6 Å². The van der Waals surface area contributed by atoms with Gasteiger partial charge in [-0.1, -0.05) is 70.2 Å². The van der Waals surface area contributed by atoms with Gasteiger partial charge in [0.2, 0.25) is 21.8 Å². The number of carbonyl (C=O) groups excluding carboxylic acids is 2. The summed E-state index contributed by atoms with van der Waals surface area (Å²) < 4.78 is 26.3. The van der Waals surface area contributed by atoms with Crippen molar-refractivity contribution >= 4 is 27.5 Å². The standard InChI is InChI=1S/C28H41N3O4S/c1-6-23-15-17-25(18-16-23)31(36(5,34)35)19-11-14-27(32)30(21-24-12-9-8-10-13-24)26(7-2)28(33)29-20-22(3)4/h8-10,12-13,15-18,22,26H,6-7,11,14,19-21H2,1-5H3,(H,29,33)/t26-/m0/s1. The Kier molecular flexibility index (Phi) is 11.4. The van der Waals surface area contributed by atoms with Crippen LogP contribution in [0, 0.1) is 5.92 Å². The van der Waals surface area contributed by atoms with Gasteiger partial charge in [-0.05, 0) is 48.4 Å². The first kappa shape index (κ1) is 29.4. The molecule has 0 unspecified atom stereocenters. The van der Waals surface area contributed by atoms with Crippen LogP contribution < -0.4 is 9.62 Å². The van der Waals surface area contributed by atoms with Gasteiger partial charge in [-0.25, -0.2) is 8.42 Å². The normalized spacial score (nSPS) is 12.3. The molecule has 0 aliphatic carbocycles. The van der Waals surface area contributed by atoms with E-state index in [4.69, 9.17) is 0 Å². The zero-order valence-corrected chi connectivity index (χ0v) is 23.1. The molecule has 0 bridgehead atoms. The molecule has 2 rings (SSSR count). The third-order valence-corrected chi connectivity index (χ3v) is 7.25. The molecule has 0 heterocycles. The molecule has 2 amide bonds. The van der Waals surface area contributed by atoms with Crippen molar-refractivity contribution in [3.8, 4) is 0 Å². The molecule has 7 nitrogen and oxygen atoms in total. The van der Waals surface area contributed by atoms with Crippen LogP contribution >= 0.6 is 0 Å². The lowest BCUT2D eigenvalue weighted by molar-refractivity contribution is -0.141. The highest BCUT2D eigenvalue weighted by molar-refractivity contribution is 7.92. The molecule has 0 saturated carbocycles. The zero-order chi connectivity index (χ0) is 26.7. The Bertz CT molecular complexity index is 1070. The predicted molar refractivity (Wildman–Crippen MR) is 146 cm³/mol. The molecule has 198 valence electrons. The highest BCUT2D eigenvalue weighted by atomic mass is 32.2. The minimum atomic E-state index is -3.51. The van der Waals surface area contributed by atoms with E-state index >= 15 is 0 Å². The monoisotopic (exact) mass is 515 g/mol. The van der Waals surface area contributed by atoms with Gasteiger partial charge in [0.1, 0.15) is 6.04 Å². The van der Waals surface area contributed by atoms with Crippen LogP contribution in [0.1, 0.15) is 58.1 Å². The number of sulfonamides is 1. The quantitative estimate of drug-likeness (QED) is 0.405. The minimum Gasteiger partial charge on any atom is -0.354 e. The molecule has 0 aliphatic rings. The first-order valence-corrected chi connectivity index (χ1v) is 14.6. The first-order chi connectivity index (χ1) is 17.1. The average Bonchev–Trinajstić information content (AvgIpc) is 2.85.